The average Bonchev–Trinajstić information content (AvgIpc) is 3.10. The molecule has 1 aromatic carbocycles. The molecule has 0 radical (unpaired) electrons. The van der Waals surface area contributed by atoms with Crippen LogP contribution in [-0.2, 0) is 0 Å². The Morgan fingerprint density at radius 1 is 1.22 bits per heavy atom. The van der Waals surface area contributed by atoms with Gasteiger partial charge in [-0.2, -0.15) is 4.52 Å². The van der Waals surface area contributed by atoms with Gasteiger partial charge in [0.05, 0.1) is 0 Å². The topological polar surface area (TPSA) is 72.2 Å². The number of carbonyl (C=O) groups is 1. The number of aryl methyl sites for hydroxylation is 3. The fourth-order valence-corrected chi connectivity index (χ4v) is 3.61. The van der Waals surface area contributed by atoms with Crippen LogP contribution >= 0.6 is 11.3 Å². The van der Waals surface area contributed by atoms with E-state index in [2.05, 4.69) is 32.7 Å². The van der Waals surface area contributed by atoms with E-state index >= 15 is 0 Å². The number of carbonyl (C=O) groups excluding carboxylic acids is 1. The molecule has 1 aliphatic rings. The average molecular weight is 327 g/mol. The van der Waals surface area contributed by atoms with Crippen LogP contribution in [-0.4, -0.2) is 25.7 Å². The van der Waals surface area contributed by atoms with Crippen LogP contribution in [0.4, 0.5) is 5.69 Å². The molecular weight excluding hydrogens is 310 g/mol. The van der Waals surface area contributed by atoms with E-state index in [0.717, 1.165) is 35.5 Å². The Balaban J connectivity index is 1.64. The summed E-state index contributed by atoms with van der Waals surface area (Å²) in [6.07, 6.45) is 2.25. The fourth-order valence-electron chi connectivity index (χ4n) is 2.86. The minimum absolute atomic E-state index is 0.197. The first kappa shape index (κ1) is 14.3. The first-order valence-electron chi connectivity index (χ1n) is 7.64. The molecule has 23 heavy (non-hydrogen) atoms. The maximum absolute atomic E-state index is 12.5. The molecule has 3 aromatic rings. The summed E-state index contributed by atoms with van der Waals surface area (Å²) in [6.45, 7) is 6.05. The minimum Gasteiger partial charge on any atom is -0.319 e. The Labute approximate surface area is 137 Å². The maximum atomic E-state index is 12.5. The van der Waals surface area contributed by atoms with E-state index in [0.29, 0.717) is 15.9 Å². The Morgan fingerprint density at radius 2 is 1.91 bits per heavy atom. The lowest BCUT2D eigenvalue weighted by atomic mass is 10.1. The molecule has 0 unspecified atom stereocenters. The number of rotatable bonds is 3. The van der Waals surface area contributed by atoms with E-state index in [1.54, 1.807) is 4.52 Å². The SMILES string of the molecule is Cc1cc(C)c(NC(=O)c2nn3c(C4CC4)nnc3s2)c(C)c1. The van der Waals surface area contributed by atoms with E-state index in [4.69, 9.17) is 0 Å². The molecule has 0 saturated heterocycles. The molecule has 0 aliphatic heterocycles. The third-order valence-electron chi connectivity index (χ3n) is 4.07. The van der Waals surface area contributed by atoms with Crippen molar-refractivity contribution in [2.45, 2.75) is 39.5 Å². The summed E-state index contributed by atoms with van der Waals surface area (Å²) in [5, 5.41) is 16.1. The molecule has 0 atom stereocenters. The Kier molecular flexibility index (Phi) is 3.19. The van der Waals surface area contributed by atoms with Crippen LogP contribution in [0.3, 0.4) is 0 Å². The van der Waals surface area contributed by atoms with Crippen LogP contribution in [0.1, 0.15) is 51.1 Å². The second kappa shape index (κ2) is 5.13. The van der Waals surface area contributed by atoms with Crippen molar-refractivity contribution in [1.82, 2.24) is 19.8 Å². The zero-order valence-electron chi connectivity index (χ0n) is 13.3. The van der Waals surface area contributed by atoms with Crippen molar-refractivity contribution in [2.75, 3.05) is 5.32 Å². The first-order valence-corrected chi connectivity index (χ1v) is 8.46. The number of hydrogen-bond acceptors (Lipinski definition) is 5. The van der Waals surface area contributed by atoms with E-state index in [-0.39, 0.29) is 5.91 Å². The Bertz CT molecular complexity index is 899. The van der Waals surface area contributed by atoms with E-state index in [1.807, 2.05) is 20.8 Å². The number of nitrogens with one attached hydrogen (secondary N) is 1. The highest BCUT2D eigenvalue weighted by Gasteiger charge is 2.30. The molecule has 4 rings (SSSR count). The third-order valence-corrected chi connectivity index (χ3v) is 4.96. The summed E-state index contributed by atoms with van der Waals surface area (Å²) < 4.78 is 1.71. The normalized spacial score (nSPS) is 14.4. The number of fused-ring (bicyclic) bond motifs is 1. The van der Waals surface area contributed by atoms with Gasteiger partial charge in [0.25, 0.3) is 5.91 Å². The molecule has 1 N–H and O–H groups in total. The number of amides is 1. The van der Waals surface area contributed by atoms with E-state index < -0.39 is 0 Å². The van der Waals surface area contributed by atoms with Gasteiger partial charge in [-0.3, -0.25) is 4.79 Å². The second-order valence-electron chi connectivity index (χ2n) is 6.16. The van der Waals surface area contributed by atoms with Crippen LogP contribution in [0.5, 0.6) is 0 Å². The zero-order valence-corrected chi connectivity index (χ0v) is 14.1. The number of benzene rings is 1. The van der Waals surface area contributed by atoms with Crippen molar-refractivity contribution < 1.29 is 4.79 Å². The van der Waals surface area contributed by atoms with Crippen molar-refractivity contribution in [1.29, 1.82) is 0 Å². The molecule has 7 heteroatoms. The highest BCUT2D eigenvalue weighted by Crippen LogP contribution is 2.39. The quantitative estimate of drug-likeness (QED) is 0.801. The molecule has 0 spiro atoms. The van der Waals surface area contributed by atoms with Crippen LogP contribution in [0.2, 0.25) is 0 Å². The summed E-state index contributed by atoms with van der Waals surface area (Å²) in [6, 6.07) is 4.12. The minimum atomic E-state index is -0.197. The van der Waals surface area contributed by atoms with Crippen LogP contribution in [0.25, 0.3) is 4.96 Å². The van der Waals surface area contributed by atoms with E-state index in [9.17, 15) is 4.79 Å². The Morgan fingerprint density at radius 3 is 2.57 bits per heavy atom. The lowest BCUT2D eigenvalue weighted by Crippen LogP contribution is -2.14. The van der Waals surface area contributed by atoms with Gasteiger partial charge in [-0.05, 0) is 44.7 Å². The van der Waals surface area contributed by atoms with Crippen molar-refractivity contribution in [2.24, 2.45) is 0 Å². The monoisotopic (exact) mass is 327 g/mol. The molecule has 2 aromatic heterocycles. The second-order valence-corrected chi connectivity index (χ2v) is 7.12. The Hall–Kier alpha value is -2.28. The van der Waals surface area contributed by atoms with Gasteiger partial charge >= 0.3 is 0 Å². The third kappa shape index (κ3) is 2.50. The van der Waals surface area contributed by atoms with Crippen LogP contribution in [0, 0.1) is 20.8 Å². The van der Waals surface area contributed by atoms with Gasteiger partial charge in [-0.1, -0.05) is 29.0 Å². The van der Waals surface area contributed by atoms with Crippen LogP contribution in [0.15, 0.2) is 12.1 Å². The smallest absolute Gasteiger partial charge is 0.286 e. The summed E-state index contributed by atoms with van der Waals surface area (Å²) in [5.74, 6) is 1.12. The number of nitrogens with zero attached hydrogens (tertiary/aromatic N) is 4. The molecule has 1 saturated carbocycles. The van der Waals surface area contributed by atoms with Crippen molar-refractivity contribution in [3.05, 3.63) is 39.7 Å². The van der Waals surface area contributed by atoms with Crippen molar-refractivity contribution in [3.8, 4) is 0 Å². The lowest BCUT2D eigenvalue weighted by molar-refractivity contribution is 0.102. The molecule has 118 valence electrons. The predicted molar refractivity (Wildman–Crippen MR) is 89.2 cm³/mol. The van der Waals surface area contributed by atoms with Gasteiger partial charge < -0.3 is 5.32 Å². The summed E-state index contributed by atoms with van der Waals surface area (Å²) >= 11 is 1.27. The molecule has 1 fully saturated rings. The van der Waals surface area contributed by atoms with Crippen molar-refractivity contribution in [3.63, 3.8) is 0 Å². The maximum Gasteiger partial charge on any atom is 0.286 e. The number of hydrogen-bond donors (Lipinski definition) is 1. The standard InChI is InChI=1S/C16H17N5OS/c1-8-6-9(2)12(10(3)7-8)17-14(22)15-20-21-13(11-4-5-11)18-19-16(21)23-15/h6-7,11H,4-5H2,1-3H3,(H,17,22). The first-order chi connectivity index (χ1) is 11.0. The van der Waals surface area contributed by atoms with E-state index in [1.165, 1.54) is 16.9 Å². The molecule has 6 nitrogen and oxygen atoms in total. The molecule has 2 heterocycles. The van der Waals surface area contributed by atoms with Gasteiger partial charge in [0, 0.05) is 11.6 Å². The molecule has 0 bridgehead atoms. The van der Waals surface area contributed by atoms with Gasteiger partial charge in [-0.15, -0.1) is 15.3 Å². The lowest BCUT2D eigenvalue weighted by Gasteiger charge is -2.11. The van der Waals surface area contributed by atoms with Gasteiger partial charge in [0.1, 0.15) is 0 Å². The largest absolute Gasteiger partial charge is 0.319 e. The number of anilines is 1. The summed E-state index contributed by atoms with van der Waals surface area (Å²) in [5.41, 5.74) is 4.15. The van der Waals surface area contributed by atoms with Gasteiger partial charge in [0.2, 0.25) is 9.97 Å². The molecular formula is C16H17N5OS. The fraction of sp³-hybridized carbons (Fsp3) is 0.375. The summed E-state index contributed by atoms with van der Waals surface area (Å²) in [7, 11) is 0. The predicted octanol–water partition coefficient (Wildman–Crippen LogP) is 3.24. The molecule has 1 amide bonds. The van der Waals surface area contributed by atoms with Gasteiger partial charge in [-0.25, -0.2) is 0 Å². The highest BCUT2D eigenvalue weighted by molar-refractivity contribution is 7.18. The van der Waals surface area contributed by atoms with Crippen LogP contribution < -0.4 is 5.32 Å². The van der Waals surface area contributed by atoms with Gasteiger partial charge in [0.15, 0.2) is 5.82 Å². The van der Waals surface area contributed by atoms with Crippen molar-refractivity contribution >= 4 is 27.9 Å². The zero-order chi connectivity index (χ0) is 16.1. The molecule has 1 aliphatic carbocycles. The summed E-state index contributed by atoms with van der Waals surface area (Å²) in [4.78, 5) is 13.2. The highest BCUT2D eigenvalue weighted by atomic mass is 32.1. The number of aromatic nitrogens is 4.